The van der Waals surface area contributed by atoms with Gasteiger partial charge in [0, 0.05) is 18.7 Å². The molecule has 0 atom stereocenters. The molecule has 18 heavy (non-hydrogen) atoms. The predicted molar refractivity (Wildman–Crippen MR) is 57.8 cm³/mol. The van der Waals surface area contributed by atoms with Crippen LogP contribution in [0.3, 0.4) is 0 Å². The van der Waals surface area contributed by atoms with Crippen molar-refractivity contribution in [3.63, 3.8) is 0 Å². The van der Waals surface area contributed by atoms with E-state index in [0.717, 1.165) is 15.4 Å². The van der Waals surface area contributed by atoms with Crippen LogP contribution in [0.5, 0.6) is 5.75 Å². The summed E-state index contributed by atoms with van der Waals surface area (Å²) in [4.78, 5) is 11.7. The second-order valence-electron chi connectivity index (χ2n) is 3.43. The number of halogens is 2. The van der Waals surface area contributed by atoms with E-state index in [-0.39, 0.29) is 11.4 Å². The van der Waals surface area contributed by atoms with E-state index in [4.69, 9.17) is 4.74 Å². The summed E-state index contributed by atoms with van der Waals surface area (Å²) in [6.07, 6.45) is 0. The second kappa shape index (κ2) is 4.55. The first kappa shape index (κ1) is 12.2. The van der Waals surface area contributed by atoms with Gasteiger partial charge >= 0.3 is 5.69 Å². The Labute approximate surface area is 100 Å². The van der Waals surface area contributed by atoms with Gasteiger partial charge in [-0.2, -0.15) is 9.36 Å². The van der Waals surface area contributed by atoms with Crippen molar-refractivity contribution in [1.29, 1.82) is 0 Å². The minimum absolute atomic E-state index is 0.177. The van der Waals surface area contributed by atoms with Crippen LogP contribution in [0, 0.1) is 11.6 Å². The maximum atomic E-state index is 13.6. The normalized spacial score (nSPS) is 10.7. The molecule has 0 aliphatic heterocycles. The first-order chi connectivity index (χ1) is 8.58. The van der Waals surface area contributed by atoms with Crippen LogP contribution in [0.1, 0.15) is 6.92 Å². The Bertz CT molecular complexity index is 635. The van der Waals surface area contributed by atoms with Crippen molar-refractivity contribution in [2.45, 2.75) is 13.5 Å². The summed E-state index contributed by atoms with van der Waals surface area (Å²) in [5.74, 6) is -1.95. The smallest absolute Gasteiger partial charge is 0.368 e. The molecule has 0 saturated heterocycles. The van der Waals surface area contributed by atoms with E-state index >= 15 is 0 Å². The van der Waals surface area contributed by atoms with Gasteiger partial charge in [0.2, 0.25) is 0 Å². The number of hydrogen-bond donors (Lipinski definition) is 0. The Kier molecular flexibility index (Phi) is 3.09. The lowest BCUT2D eigenvalue weighted by atomic mass is 10.2. The second-order valence-corrected chi connectivity index (χ2v) is 3.43. The zero-order chi connectivity index (χ0) is 13.3. The summed E-state index contributed by atoms with van der Waals surface area (Å²) >= 11 is 0. The quantitative estimate of drug-likeness (QED) is 0.812. The van der Waals surface area contributed by atoms with E-state index in [9.17, 15) is 13.6 Å². The van der Waals surface area contributed by atoms with Crippen molar-refractivity contribution in [3.05, 3.63) is 34.3 Å². The number of aryl methyl sites for hydroxylation is 1. The highest BCUT2D eigenvalue weighted by Crippen LogP contribution is 2.22. The van der Waals surface area contributed by atoms with Crippen LogP contribution >= 0.6 is 0 Å². The SMILES string of the molecule is CCn1nnn(-c2cc(OC)c(F)cc2F)c1=O. The zero-order valence-corrected chi connectivity index (χ0v) is 9.72. The molecule has 1 aromatic carbocycles. The van der Waals surface area contributed by atoms with Gasteiger partial charge in [-0.25, -0.2) is 13.6 Å². The molecule has 2 aromatic rings. The van der Waals surface area contributed by atoms with Crippen molar-refractivity contribution in [2.75, 3.05) is 7.11 Å². The van der Waals surface area contributed by atoms with Crippen molar-refractivity contribution < 1.29 is 13.5 Å². The predicted octanol–water partition coefficient (Wildman–Crippen LogP) is 0.736. The highest BCUT2D eigenvalue weighted by molar-refractivity contribution is 5.40. The number of ether oxygens (including phenoxy) is 1. The van der Waals surface area contributed by atoms with E-state index in [1.54, 1.807) is 6.92 Å². The number of hydrogen-bond acceptors (Lipinski definition) is 4. The molecule has 0 fully saturated rings. The molecule has 1 aromatic heterocycles. The number of benzene rings is 1. The zero-order valence-electron chi connectivity index (χ0n) is 9.72. The fourth-order valence-corrected chi connectivity index (χ4v) is 1.46. The van der Waals surface area contributed by atoms with Gasteiger partial charge in [-0.05, 0) is 17.4 Å². The third kappa shape index (κ3) is 1.85. The molecule has 8 heteroatoms. The van der Waals surface area contributed by atoms with E-state index in [2.05, 4.69) is 10.4 Å². The average molecular weight is 256 g/mol. The lowest BCUT2D eigenvalue weighted by Crippen LogP contribution is -2.24. The minimum Gasteiger partial charge on any atom is -0.494 e. The van der Waals surface area contributed by atoms with Crippen LogP contribution in [0.15, 0.2) is 16.9 Å². The summed E-state index contributed by atoms with van der Waals surface area (Å²) in [5, 5.41) is 7.07. The molecule has 0 unspecified atom stereocenters. The molecule has 0 N–H and O–H groups in total. The molecule has 2 rings (SSSR count). The first-order valence-electron chi connectivity index (χ1n) is 5.14. The molecule has 0 amide bonds. The van der Waals surface area contributed by atoms with E-state index in [0.29, 0.717) is 12.6 Å². The molecule has 6 nitrogen and oxygen atoms in total. The molecular formula is C10H10F2N4O2. The Balaban J connectivity index is 2.63. The standard InChI is InChI=1S/C10H10F2N4O2/c1-3-15-10(17)16(14-13-15)8-5-9(18-2)7(12)4-6(8)11/h4-5H,3H2,1-2H3. The van der Waals surface area contributed by atoms with Crippen molar-refractivity contribution in [2.24, 2.45) is 0 Å². The molecule has 0 aliphatic carbocycles. The summed E-state index contributed by atoms with van der Waals surface area (Å²) in [6, 6.07) is 1.69. The van der Waals surface area contributed by atoms with Gasteiger partial charge in [0.1, 0.15) is 5.69 Å². The topological polar surface area (TPSA) is 61.9 Å². The lowest BCUT2D eigenvalue weighted by Gasteiger charge is -2.05. The van der Waals surface area contributed by atoms with Crippen LogP contribution in [0.4, 0.5) is 8.78 Å². The van der Waals surface area contributed by atoms with Gasteiger partial charge in [0.25, 0.3) is 0 Å². The third-order valence-corrected chi connectivity index (χ3v) is 2.39. The van der Waals surface area contributed by atoms with E-state index in [1.165, 1.54) is 7.11 Å². The first-order valence-corrected chi connectivity index (χ1v) is 5.14. The number of methoxy groups -OCH3 is 1. The summed E-state index contributed by atoms with van der Waals surface area (Å²) < 4.78 is 33.4. The number of nitrogens with zero attached hydrogens (tertiary/aromatic N) is 4. The molecule has 0 aliphatic rings. The minimum atomic E-state index is -0.918. The number of aromatic nitrogens is 4. The monoisotopic (exact) mass is 256 g/mol. The maximum absolute atomic E-state index is 13.6. The third-order valence-electron chi connectivity index (χ3n) is 2.39. The summed E-state index contributed by atoms with van der Waals surface area (Å²) in [6.45, 7) is 2.00. The number of tetrazole rings is 1. The molecular weight excluding hydrogens is 246 g/mol. The molecule has 0 spiro atoms. The fourth-order valence-electron chi connectivity index (χ4n) is 1.46. The molecule has 1 heterocycles. The molecule has 0 bridgehead atoms. The van der Waals surface area contributed by atoms with Gasteiger partial charge in [0.05, 0.1) is 7.11 Å². The molecule has 0 radical (unpaired) electrons. The average Bonchev–Trinajstić information content (AvgIpc) is 2.71. The van der Waals surface area contributed by atoms with Crippen LogP contribution in [-0.2, 0) is 6.54 Å². The summed E-state index contributed by atoms with van der Waals surface area (Å²) in [7, 11) is 1.24. The van der Waals surface area contributed by atoms with Crippen LogP contribution in [0.25, 0.3) is 5.69 Å². The largest absolute Gasteiger partial charge is 0.494 e. The molecule has 96 valence electrons. The Morgan fingerprint density at radius 1 is 1.28 bits per heavy atom. The Hall–Kier alpha value is -2.25. The fraction of sp³-hybridized carbons (Fsp3) is 0.300. The van der Waals surface area contributed by atoms with E-state index in [1.807, 2.05) is 0 Å². The maximum Gasteiger partial charge on any atom is 0.368 e. The van der Waals surface area contributed by atoms with Crippen molar-refractivity contribution in [1.82, 2.24) is 19.8 Å². The van der Waals surface area contributed by atoms with Gasteiger partial charge in [-0.3, -0.25) is 0 Å². The van der Waals surface area contributed by atoms with Gasteiger partial charge in [0.15, 0.2) is 17.4 Å². The highest BCUT2D eigenvalue weighted by atomic mass is 19.1. The highest BCUT2D eigenvalue weighted by Gasteiger charge is 2.16. The van der Waals surface area contributed by atoms with E-state index < -0.39 is 17.3 Å². The number of rotatable bonds is 3. The van der Waals surface area contributed by atoms with Crippen molar-refractivity contribution in [3.8, 4) is 11.4 Å². The Morgan fingerprint density at radius 3 is 2.56 bits per heavy atom. The van der Waals surface area contributed by atoms with Gasteiger partial charge in [-0.15, -0.1) is 0 Å². The Morgan fingerprint density at radius 2 is 2.00 bits per heavy atom. The van der Waals surface area contributed by atoms with Crippen LogP contribution in [0.2, 0.25) is 0 Å². The van der Waals surface area contributed by atoms with Crippen molar-refractivity contribution >= 4 is 0 Å². The van der Waals surface area contributed by atoms with Crippen LogP contribution < -0.4 is 10.4 Å². The molecule has 0 saturated carbocycles. The van der Waals surface area contributed by atoms with Gasteiger partial charge < -0.3 is 4.74 Å². The van der Waals surface area contributed by atoms with Gasteiger partial charge in [-0.1, -0.05) is 0 Å². The van der Waals surface area contributed by atoms with Crippen LogP contribution in [-0.4, -0.2) is 26.9 Å². The summed E-state index contributed by atoms with van der Waals surface area (Å²) in [5.41, 5.74) is -0.817. The lowest BCUT2D eigenvalue weighted by molar-refractivity contribution is 0.383.